The summed E-state index contributed by atoms with van der Waals surface area (Å²) in [6.07, 6.45) is 2.18. The van der Waals surface area contributed by atoms with Crippen LogP contribution >= 0.6 is 0 Å². The van der Waals surface area contributed by atoms with Crippen LogP contribution in [0.4, 0.5) is 11.4 Å². The number of anilines is 2. The van der Waals surface area contributed by atoms with E-state index in [2.05, 4.69) is 64.1 Å². The Labute approximate surface area is 225 Å². The van der Waals surface area contributed by atoms with Crippen LogP contribution in [0.3, 0.4) is 0 Å². The molecule has 3 aromatic carbocycles. The SMILES string of the molecule is CCN(CC)C(=O)c1ccc2c(c1)C(=C(C)Nc1ccc(CN3CCc4ccccc4CC3)cc1)C(=O)N2. The highest BCUT2D eigenvalue weighted by Crippen LogP contribution is 2.35. The van der Waals surface area contributed by atoms with E-state index in [1.54, 1.807) is 11.0 Å². The van der Waals surface area contributed by atoms with Crippen LogP contribution in [0.15, 0.2) is 72.4 Å². The van der Waals surface area contributed by atoms with Crippen molar-refractivity contribution in [2.24, 2.45) is 0 Å². The van der Waals surface area contributed by atoms with Gasteiger partial charge in [-0.1, -0.05) is 36.4 Å². The van der Waals surface area contributed by atoms with Crippen molar-refractivity contribution >= 4 is 28.8 Å². The maximum atomic E-state index is 12.9. The molecule has 6 nitrogen and oxygen atoms in total. The van der Waals surface area contributed by atoms with Gasteiger partial charge < -0.3 is 15.5 Å². The molecular weight excluding hydrogens is 472 g/mol. The Morgan fingerprint density at radius 2 is 1.61 bits per heavy atom. The number of amides is 2. The second-order valence-electron chi connectivity index (χ2n) is 10.1. The summed E-state index contributed by atoms with van der Waals surface area (Å²) in [6.45, 7) is 10.2. The first-order valence-electron chi connectivity index (χ1n) is 13.6. The molecule has 0 aliphatic carbocycles. The third kappa shape index (κ3) is 5.36. The molecule has 0 saturated carbocycles. The van der Waals surface area contributed by atoms with Gasteiger partial charge in [-0.15, -0.1) is 0 Å². The Kier molecular flexibility index (Phi) is 7.61. The van der Waals surface area contributed by atoms with Crippen molar-refractivity contribution in [3.05, 3.63) is 100 Å². The minimum Gasteiger partial charge on any atom is -0.358 e. The number of rotatable bonds is 7. The van der Waals surface area contributed by atoms with E-state index in [0.29, 0.717) is 24.2 Å². The van der Waals surface area contributed by atoms with Crippen molar-refractivity contribution in [2.45, 2.75) is 40.2 Å². The van der Waals surface area contributed by atoms with Crippen LogP contribution in [0, 0.1) is 0 Å². The van der Waals surface area contributed by atoms with Gasteiger partial charge >= 0.3 is 0 Å². The lowest BCUT2D eigenvalue weighted by molar-refractivity contribution is -0.110. The Balaban J connectivity index is 1.28. The molecule has 0 spiro atoms. The number of nitrogens with one attached hydrogen (secondary N) is 2. The molecule has 2 N–H and O–H groups in total. The smallest absolute Gasteiger partial charge is 0.258 e. The van der Waals surface area contributed by atoms with Crippen molar-refractivity contribution in [1.29, 1.82) is 0 Å². The van der Waals surface area contributed by atoms with Gasteiger partial charge in [-0.2, -0.15) is 0 Å². The van der Waals surface area contributed by atoms with Gasteiger partial charge in [-0.25, -0.2) is 0 Å². The maximum absolute atomic E-state index is 12.9. The van der Waals surface area contributed by atoms with Crippen LogP contribution in [-0.2, 0) is 24.2 Å². The van der Waals surface area contributed by atoms with Crippen molar-refractivity contribution in [1.82, 2.24) is 9.80 Å². The molecule has 0 atom stereocenters. The van der Waals surface area contributed by atoms with E-state index in [1.807, 2.05) is 32.9 Å². The number of hydrogen-bond acceptors (Lipinski definition) is 4. The molecule has 196 valence electrons. The Hall–Kier alpha value is -3.90. The summed E-state index contributed by atoms with van der Waals surface area (Å²) in [6, 6.07) is 22.7. The van der Waals surface area contributed by atoms with Crippen LogP contribution < -0.4 is 10.6 Å². The molecule has 38 heavy (non-hydrogen) atoms. The number of benzene rings is 3. The minimum absolute atomic E-state index is 0.0222. The monoisotopic (exact) mass is 508 g/mol. The summed E-state index contributed by atoms with van der Waals surface area (Å²) < 4.78 is 0. The fraction of sp³-hybridized carbons (Fsp3) is 0.312. The quantitative estimate of drug-likeness (QED) is 0.410. The van der Waals surface area contributed by atoms with E-state index >= 15 is 0 Å². The molecule has 6 heteroatoms. The number of carbonyl (C=O) groups excluding carboxylic acids is 2. The summed E-state index contributed by atoms with van der Waals surface area (Å²) in [5, 5.41) is 6.35. The first kappa shape index (κ1) is 25.7. The third-order valence-electron chi connectivity index (χ3n) is 7.64. The van der Waals surface area contributed by atoms with Crippen molar-refractivity contribution in [3.63, 3.8) is 0 Å². The highest BCUT2D eigenvalue weighted by atomic mass is 16.2. The molecule has 5 rings (SSSR count). The fourth-order valence-electron chi connectivity index (χ4n) is 5.47. The van der Waals surface area contributed by atoms with E-state index in [-0.39, 0.29) is 11.8 Å². The molecule has 2 aliphatic heterocycles. The average Bonchev–Trinajstić information content (AvgIpc) is 3.13. The number of hydrogen-bond donors (Lipinski definition) is 2. The molecule has 0 saturated heterocycles. The van der Waals surface area contributed by atoms with E-state index in [4.69, 9.17) is 0 Å². The highest BCUT2D eigenvalue weighted by molar-refractivity contribution is 6.32. The predicted octanol–water partition coefficient (Wildman–Crippen LogP) is 5.56. The van der Waals surface area contributed by atoms with Gasteiger partial charge in [0.25, 0.3) is 11.8 Å². The van der Waals surface area contributed by atoms with Crippen LogP contribution in [0.1, 0.15) is 53.4 Å². The minimum atomic E-state index is -0.156. The Morgan fingerprint density at radius 3 is 2.24 bits per heavy atom. The van der Waals surface area contributed by atoms with Crippen molar-refractivity contribution < 1.29 is 9.59 Å². The molecule has 2 amide bonds. The molecule has 0 aromatic heterocycles. The average molecular weight is 509 g/mol. The van der Waals surface area contributed by atoms with Gasteiger partial charge in [-0.05, 0) is 80.6 Å². The summed E-state index contributed by atoms with van der Waals surface area (Å²) >= 11 is 0. The number of allylic oxidation sites excluding steroid dienone is 1. The molecule has 0 radical (unpaired) electrons. The Morgan fingerprint density at radius 1 is 0.947 bits per heavy atom. The largest absolute Gasteiger partial charge is 0.358 e. The standard InChI is InChI=1S/C32H36N4O2/c1-4-36(5-2)32(38)26-12-15-29-28(20-26)30(31(37)34-29)22(3)33-27-13-10-23(11-14-27)21-35-18-16-24-8-6-7-9-25(24)17-19-35/h6-15,20,33H,4-5,16-19,21H2,1-3H3,(H,34,37). The molecule has 2 heterocycles. The van der Waals surface area contributed by atoms with E-state index in [1.165, 1.54) is 16.7 Å². The fourth-order valence-corrected chi connectivity index (χ4v) is 5.47. The summed E-state index contributed by atoms with van der Waals surface area (Å²) in [4.78, 5) is 30.1. The van der Waals surface area contributed by atoms with Crippen molar-refractivity contribution in [2.75, 3.05) is 36.8 Å². The lowest BCUT2D eigenvalue weighted by Crippen LogP contribution is -2.30. The summed E-state index contributed by atoms with van der Waals surface area (Å²) in [5.41, 5.74) is 8.56. The molecular formula is C32H36N4O2. The van der Waals surface area contributed by atoms with Gasteiger partial charge in [-0.3, -0.25) is 14.5 Å². The van der Waals surface area contributed by atoms with Gasteiger partial charge in [0.05, 0.1) is 5.57 Å². The Bertz CT molecular complexity index is 1350. The predicted molar refractivity (Wildman–Crippen MR) is 154 cm³/mol. The summed E-state index contributed by atoms with van der Waals surface area (Å²) in [7, 11) is 0. The number of fused-ring (bicyclic) bond motifs is 2. The van der Waals surface area contributed by atoms with E-state index < -0.39 is 0 Å². The highest BCUT2D eigenvalue weighted by Gasteiger charge is 2.28. The number of carbonyl (C=O) groups is 2. The zero-order valence-corrected chi connectivity index (χ0v) is 22.5. The second kappa shape index (κ2) is 11.2. The molecule has 0 fully saturated rings. The van der Waals surface area contributed by atoms with Gasteiger partial charge in [0.15, 0.2) is 0 Å². The molecule has 0 unspecified atom stereocenters. The molecule has 0 bridgehead atoms. The van der Waals surface area contributed by atoms with E-state index in [0.717, 1.165) is 55.1 Å². The normalized spacial score (nSPS) is 16.2. The maximum Gasteiger partial charge on any atom is 0.258 e. The number of nitrogens with zero attached hydrogens (tertiary/aromatic N) is 2. The van der Waals surface area contributed by atoms with Crippen LogP contribution in [-0.4, -0.2) is 47.8 Å². The van der Waals surface area contributed by atoms with Gasteiger partial charge in [0.2, 0.25) is 0 Å². The zero-order chi connectivity index (χ0) is 26.6. The van der Waals surface area contributed by atoms with E-state index in [9.17, 15) is 9.59 Å². The lowest BCUT2D eigenvalue weighted by Gasteiger charge is -2.20. The van der Waals surface area contributed by atoms with Crippen molar-refractivity contribution in [3.8, 4) is 0 Å². The first-order valence-corrected chi connectivity index (χ1v) is 13.6. The van der Waals surface area contributed by atoms with Gasteiger partial charge in [0, 0.05) is 60.9 Å². The topological polar surface area (TPSA) is 64.7 Å². The van der Waals surface area contributed by atoms with Crippen LogP contribution in [0.25, 0.3) is 5.57 Å². The van der Waals surface area contributed by atoms with Crippen LogP contribution in [0.5, 0.6) is 0 Å². The molecule has 3 aromatic rings. The molecule has 2 aliphatic rings. The van der Waals surface area contributed by atoms with Gasteiger partial charge in [0.1, 0.15) is 0 Å². The third-order valence-corrected chi connectivity index (χ3v) is 7.64. The lowest BCUT2D eigenvalue weighted by atomic mass is 10.0. The van der Waals surface area contributed by atoms with Crippen LogP contribution in [0.2, 0.25) is 0 Å². The zero-order valence-electron chi connectivity index (χ0n) is 22.5. The second-order valence-corrected chi connectivity index (χ2v) is 10.1. The summed E-state index contributed by atoms with van der Waals surface area (Å²) in [5.74, 6) is -0.179. The first-order chi connectivity index (χ1) is 18.5.